The van der Waals surface area contributed by atoms with E-state index >= 15 is 0 Å². The van der Waals surface area contributed by atoms with Gasteiger partial charge in [-0.3, -0.25) is 0 Å². The average molecular weight is 236 g/mol. The number of allylic oxidation sites excluding steroid dienone is 5. The maximum Gasteiger partial charge on any atom is 0.328 e. The van der Waals surface area contributed by atoms with Gasteiger partial charge in [0.25, 0.3) is 0 Å². The van der Waals surface area contributed by atoms with Crippen LogP contribution >= 0.6 is 0 Å². The SMILES string of the molecule is CCC(C)=CCC(C)CC=CC(C)=CC(=O)O. The van der Waals surface area contributed by atoms with Gasteiger partial charge in [0.15, 0.2) is 0 Å². The summed E-state index contributed by atoms with van der Waals surface area (Å²) in [5.74, 6) is -0.285. The Hall–Kier alpha value is -1.31. The third-order valence-electron chi connectivity index (χ3n) is 2.70. The molecule has 0 aliphatic carbocycles. The number of carboxylic acids is 1. The third-order valence-corrected chi connectivity index (χ3v) is 2.70. The summed E-state index contributed by atoms with van der Waals surface area (Å²) in [6.45, 7) is 8.33. The van der Waals surface area contributed by atoms with E-state index in [0.717, 1.165) is 24.8 Å². The summed E-state index contributed by atoms with van der Waals surface area (Å²) in [5, 5.41) is 8.55. The van der Waals surface area contributed by atoms with Crippen LogP contribution in [0.3, 0.4) is 0 Å². The molecule has 0 aromatic rings. The molecule has 1 unspecified atom stereocenters. The molecule has 0 bridgehead atoms. The number of hydrogen-bond donors (Lipinski definition) is 1. The summed E-state index contributed by atoms with van der Waals surface area (Å²) in [7, 11) is 0. The van der Waals surface area contributed by atoms with E-state index < -0.39 is 5.97 Å². The van der Waals surface area contributed by atoms with E-state index in [-0.39, 0.29) is 0 Å². The second-order valence-corrected chi connectivity index (χ2v) is 4.61. The van der Waals surface area contributed by atoms with Crippen LogP contribution in [0.2, 0.25) is 0 Å². The molecule has 0 fully saturated rings. The van der Waals surface area contributed by atoms with Crippen molar-refractivity contribution >= 4 is 5.97 Å². The normalized spacial score (nSPS) is 15.3. The molecule has 0 aromatic heterocycles. The van der Waals surface area contributed by atoms with Gasteiger partial charge in [-0.1, -0.05) is 37.6 Å². The van der Waals surface area contributed by atoms with Crippen molar-refractivity contribution in [3.05, 3.63) is 35.5 Å². The maximum absolute atomic E-state index is 10.4. The van der Waals surface area contributed by atoms with Gasteiger partial charge in [-0.2, -0.15) is 0 Å². The van der Waals surface area contributed by atoms with Crippen LogP contribution in [0.25, 0.3) is 0 Å². The number of carbonyl (C=O) groups is 1. The molecule has 0 amide bonds. The van der Waals surface area contributed by atoms with Crippen molar-refractivity contribution in [2.75, 3.05) is 0 Å². The number of carboxylic acid groups (broad SMARTS) is 1. The lowest BCUT2D eigenvalue weighted by Gasteiger charge is -2.05. The van der Waals surface area contributed by atoms with Crippen LogP contribution in [0, 0.1) is 5.92 Å². The quantitative estimate of drug-likeness (QED) is 0.405. The first-order chi connectivity index (χ1) is 7.95. The van der Waals surface area contributed by atoms with Gasteiger partial charge < -0.3 is 5.11 Å². The van der Waals surface area contributed by atoms with Crippen LogP contribution in [-0.2, 0) is 4.79 Å². The van der Waals surface area contributed by atoms with Gasteiger partial charge in [-0.15, -0.1) is 0 Å². The van der Waals surface area contributed by atoms with Crippen LogP contribution in [-0.4, -0.2) is 11.1 Å². The van der Waals surface area contributed by atoms with E-state index in [1.807, 2.05) is 6.08 Å². The van der Waals surface area contributed by atoms with E-state index in [9.17, 15) is 4.79 Å². The maximum atomic E-state index is 10.4. The summed E-state index contributed by atoms with van der Waals surface area (Å²) < 4.78 is 0. The van der Waals surface area contributed by atoms with Gasteiger partial charge in [0.05, 0.1) is 0 Å². The van der Waals surface area contributed by atoms with E-state index in [1.54, 1.807) is 6.92 Å². The first-order valence-corrected chi connectivity index (χ1v) is 6.19. The molecule has 0 aliphatic heterocycles. The Labute approximate surface area is 105 Å². The lowest BCUT2D eigenvalue weighted by molar-refractivity contribution is -0.131. The summed E-state index contributed by atoms with van der Waals surface area (Å²) >= 11 is 0. The highest BCUT2D eigenvalue weighted by Gasteiger charge is 1.97. The Morgan fingerprint density at radius 1 is 1.29 bits per heavy atom. The molecular formula is C15H24O2. The van der Waals surface area contributed by atoms with Crippen LogP contribution in [0.1, 0.15) is 47.0 Å². The molecule has 2 nitrogen and oxygen atoms in total. The minimum absolute atomic E-state index is 0.602. The second-order valence-electron chi connectivity index (χ2n) is 4.61. The van der Waals surface area contributed by atoms with Gasteiger partial charge in [0, 0.05) is 6.08 Å². The van der Waals surface area contributed by atoms with Crippen molar-refractivity contribution in [3.8, 4) is 0 Å². The summed E-state index contributed by atoms with van der Waals surface area (Å²) in [6.07, 6.45) is 10.6. The summed E-state index contributed by atoms with van der Waals surface area (Å²) in [4.78, 5) is 10.4. The third kappa shape index (κ3) is 9.61. The fourth-order valence-corrected chi connectivity index (χ4v) is 1.37. The average Bonchev–Trinajstić information content (AvgIpc) is 2.24. The summed E-state index contributed by atoms with van der Waals surface area (Å²) in [6, 6.07) is 0. The first-order valence-electron chi connectivity index (χ1n) is 6.19. The van der Waals surface area contributed by atoms with E-state index in [2.05, 4.69) is 32.9 Å². The zero-order chi connectivity index (χ0) is 13.3. The molecule has 0 spiro atoms. The molecule has 1 atom stereocenters. The standard InChI is InChI=1S/C15H24O2/c1-5-12(2)9-10-13(3)7-6-8-14(4)11-15(16)17/h6,8-9,11,13H,5,7,10H2,1-4H3,(H,16,17). The molecule has 0 saturated heterocycles. The highest BCUT2D eigenvalue weighted by Crippen LogP contribution is 2.12. The van der Waals surface area contributed by atoms with Crippen molar-refractivity contribution in [1.82, 2.24) is 0 Å². The lowest BCUT2D eigenvalue weighted by Crippen LogP contribution is -1.91. The van der Waals surface area contributed by atoms with Gasteiger partial charge in [0.2, 0.25) is 0 Å². The predicted octanol–water partition coefficient (Wildman–Crippen LogP) is 4.35. The van der Waals surface area contributed by atoms with Gasteiger partial charge >= 0.3 is 5.97 Å². The first kappa shape index (κ1) is 15.7. The van der Waals surface area contributed by atoms with Crippen molar-refractivity contribution < 1.29 is 9.90 Å². The highest BCUT2D eigenvalue weighted by molar-refractivity contribution is 5.81. The molecule has 2 heteroatoms. The number of aliphatic carboxylic acids is 1. The minimum Gasteiger partial charge on any atom is -0.478 e. The van der Waals surface area contributed by atoms with Crippen molar-refractivity contribution in [2.45, 2.75) is 47.0 Å². The lowest BCUT2D eigenvalue weighted by atomic mass is 10.0. The number of hydrogen-bond acceptors (Lipinski definition) is 1. The molecule has 96 valence electrons. The van der Waals surface area contributed by atoms with Crippen LogP contribution in [0.5, 0.6) is 0 Å². The van der Waals surface area contributed by atoms with Crippen molar-refractivity contribution in [3.63, 3.8) is 0 Å². The molecule has 0 heterocycles. The highest BCUT2D eigenvalue weighted by atomic mass is 16.4. The molecule has 1 N–H and O–H groups in total. The molecule has 0 rings (SSSR count). The van der Waals surface area contributed by atoms with Crippen molar-refractivity contribution in [1.29, 1.82) is 0 Å². The van der Waals surface area contributed by atoms with E-state index in [0.29, 0.717) is 5.92 Å². The van der Waals surface area contributed by atoms with Crippen LogP contribution < -0.4 is 0 Å². The Morgan fingerprint density at radius 2 is 1.94 bits per heavy atom. The zero-order valence-corrected chi connectivity index (χ0v) is 11.4. The Kier molecular flexibility index (Phi) is 8.12. The van der Waals surface area contributed by atoms with E-state index in [1.165, 1.54) is 11.6 Å². The molecular weight excluding hydrogens is 212 g/mol. The monoisotopic (exact) mass is 236 g/mol. The zero-order valence-electron chi connectivity index (χ0n) is 11.4. The molecule has 0 aliphatic rings. The Balaban J connectivity index is 4.03. The summed E-state index contributed by atoms with van der Waals surface area (Å²) in [5.41, 5.74) is 2.22. The molecule has 0 saturated carbocycles. The molecule has 17 heavy (non-hydrogen) atoms. The smallest absolute Gasteiger partial charge is 0.328 e. The Morgan fingerprint density at radius 3 is 2.47 bits per heavy atom. The minimum atomic E-state index is -0.887. The van der Waals surface area contributed by atoms with Crippen molar-refractivity contribution in [2.24, 2.45) is 5.92 Å². The van der Waals surface area contributed by atoms with E-state index in [4.69, 9.17) is 5.11 Å². The fourth-order valence-electron chi connectivity index (χ4n) is 1.37. The molecule has 0 radical (unpaired) electrons. The predicted molar refractivity (Wildman–Crippen MR) is 73.0 cm³/mol. The van der Waals surface area contributed by atoms with Gasteiger partial charge in [-0.05, 0) is 44.6 Å². The Bertz CT molecular complexity index is 322. The largest absolute Gasteiger partial charge is 0.478 e. The van der Waals surface area contributed by atoms with Gasteiger partial charge in [0.1, 0.15) is 0 Å². The van der Waals surface area contributed by atoms with Crippen LogP contribution in [0.4, 0.5) is 0 Å². The fraction of sp³-hybridized carbons (Fsp3) is 0.533. The van der Waals surface area contributed by atoms with Crippen LogP contribution in [0.15, 0.2) is 35.5 Å². The number of rotatable bonds is 7. The second kappa shape index (κ2) is 8.80. The topological polar surface area (TPSA) is 37.3 Å². The van der Waals surface area contributed by atoms with Gasteiger partial charge in [-0.25, -0.2) is 4.79 Å². The molecule has 0 aromatic carbocycles.